The number of hydrogen-bond acceptors (Lipinski definition) is 5. The summed E-state index contributed by atoms with van der Waals surface area (Å²) in [5.74, 6) is 1.93. The summed E-state index contributed by atoms with van der Waals surface area (Å²) in [5, 5.41) is 13.5. The summed E-state index contributed by atoms with van der Waals surface area (Å²) >= 11 is 0. The Kier molecular flexibility index (Phi) is 3.68. The second-order valence-corrected chi connectivity index (χ2v) is 5.98. The number of phenols is 1. The number of hydrogen-bond donors (Lipinski definition) is 2. The van der Waals surface area contributed by atoms with Gasteiger partial charge in [0, 0.05) is 5.56 Å². The topological polar surface area (TPSA) is 85.2 Å². The maximum atomic E-state index is 9.53. The van der Waals surface area contributed by atoms with E-state index in [4.69, 9.17) is 10.3 Å². The van der Waals surface area contributed by atoms with E-state index in [0.717, 1.165) is 37.2 Å². The van der Waals surface area contributed by atoms with Gasteiger partial charge >= 0.3 is 0 Å². The molecule has 0 saturated heterocycles. The van der Waals surface area contributed by atoms with Crippen molar-refractivity contribution in [1.29, 1.82) is 0 Å². The molecule has 1 saturated carbocycles. The molecule has 0 bridgehead atoms. The summed E-state index contributed by atoms with van der Waals surface area (Å²) in [5.41, 5.74) is 6.70. The van der Waals surface area contributed by atoms with Crippen LogP contribution in [-0.4, -0.2) is 15.2 Å². The van der Waals surface area contributed by atoms with Crippen LogP contribution in [-0.2, 0) is 5.54 Å². The SMILES string of the molecule is CCC1CCC(N)(c2nc(-c3cccc(O)c3)no2)CC1. The lowest BCUT2D eigenvalue weighted by molar-refractivity contribution is 0.181. The highest BCUT2D eigenvalue weighted by Crippen LogP contribution is 2.38. The average molecular weight is 287 g/mol. The molecule has 21 heavy (non-hydrogen) atoms. The Bertz CT molecular complexity index is 615. The minimum atomic E-state index is -0.506. The Morgan fingerprint density at radius 3 is 2.81 bits per heavy atom. The Morgan fingerprint density at radius 2 is 2.14 bits per heavy atom. The number of rotatable bonds is 3. The van der Waals surface area contributed by atoms with Crippen molar-refractivity contribution in [3.63, 3.8) is 0 Å². The van der Waals surface area contributed by atoms with Crippen molar-refractivity contribution in [2.45, 2.75) is 44.6 Å². The number of benzene rings is 1. The van der Waals surface area contributed by atoms with E-state index in [1.807, 2.05) is 6.07 Å². The molecule has 0 atom stereocenters. The molecule has 5 nitrogen and oxygen atoms in total. The maximum Gasteiger partial charge on any atom is 0.247 e. The van der Waals surface area contributed by atoms with Gasteiger partial charge in [0.1, 0.15) is 5.75 Å². The fourth-order valence-corrected chi connectivity index (χ4v) is 3.00. The first-order valence-corrected chi connectivity index (χ1v) is 7.53. The van der Waals surface area contributed by atoms with Crippen LogP contribution >= 0.6 is 0 Å². The van der Waals surface area contributed by atoms with E-state index in [1.165, 1.54) is 6.42 Å². The van der Waals surface area contributed by atoms with E-state index in [9.17, 15) is 5.11 Å². The summed E-state index contributed by atoms with van der Waals surface area (Å²) < 4.78 is 5.40. The van der Waals surface area contributed by atoms with Crippen LogP contribution in [0.4, 0.5) is 0 Å². The van der Waals surface area contributed by atoms with E-state index >= 15 is 0 Å². The van der Waals surface area contributed by atoms with Gasteiger partial charge in [-0.1, -0.05) is 30.6 Å². The first-order valence-electron chi connectivity index (χ1n) is 7.53. The van der Waals surface area contributed by atoms with E-state index in [1.54, 1.807) is 18.2 Å². The zero-order valence-corrected chi connectivity index (χ0v) is 12.2. The summed E-state index contributed by atoms with van der Waals surface area (Å²) in [6.07, 6.45) is 5.18. The molecule has 3 rings (SSSR count). The molecule has 1 aliphatic rings. The van der Waals surface area contributed by atoms with Gasteiger partial charge < -0.3 is 15.4 Å². The minimum Gasteiger partial charge on any atom is -0.508 e. The third-order valence-corrected chi connectivity index (χ3v) is 4.53. The van der Waals surface area contributed by atoms with Gasteiger partial charge in [-0.2, -0.15) is 4.98 Å². The smallest absolute Gasteiger partial charge is 0.247 e. The predicted molar refractivity (Wildman–Crippen MR) is 79.5 cm³/mol. The lowest BCUT2D eigenvalue weighted by Crippen LogP contribution is -2.40. The molecule has 1 aromatic heterocycles. The van der Waals surface area contributed by atoms with Crippen molar-refractivity contribution < 1.29 is 9.63 Å². The van der Waals surface area contributed by atoms with Gasteiger partial charge in [-0.3, -0.25) is 0 Å². The van der Waals surface area contributed by atoms with Crippen LogP contribution < -0.4 is 5.73 Å². The lowest BCUT2D eigenvalue weighted by Gasteiger charge is -2.33. The predicted octanol–water partition coefficient (Wildman–Crippen LogP) is 3.20. The van der Waals surface area contributed by atoms with Crippen molar-refractivity contribution in [3.05, 3.63) is 30.2 Å². The molecule has 5 heteroatoms. The second-order valence-electron chi connectivity index (χ2n) is 5.98. The Balaban J connectivity index is 1.82. The molecule has 0 spiro atoms. The standard InChI is InChI=1S/C16H21N3O2/c1-2-11-6-8-16(17,9-7-11)15-18-14(19-21-15)12-4-3-5-13(20)10-12/h3-5,10-11,20H,2,6-9,17H2,1H3. The van der Waals surface area contributed by atoms with Crippen molar-refractivity contribution in [3.8, 4) is 17.1 Å². The molecule has 1 aliphatic carbocycles. The van der Waals surface area contributed by atoms with Crippen LogP contribution in [0.3, 0.4) is 0 Å². The van der Waals surface area contributed by atoms with E-state index in [2.05, 4.69) is 17.1 Å². The third kappa shape index (κ3) is 2.78. The van der Waals surface area contributed by atoms with Gasteiger partial charge in [0.2, 0.25) is 11.7 Å². The van der Waals surface area contributed by atoms with Gasteiger partial charge in [0.05, 0.1) is 5.54 Å². The normalized spacial score (nSPS) is 25.9. The third-order valence-electron chi connectivity index (χ3n) is 4.53. The van der Waals surface area contributed by atoms with Crippen LogP contribution in [0.25, 0.3) is 11.4 Å². The molecule has 112 valence electrons. The number of phenolic OH excluding ortho intramolecular Hbond substituents is 1. The van der Waals surface area contributed by atoms with Crippen molar-refractivity contribution >= 4 is 0 Å². The lowest BCUT2D eigenvalue weighted by atomic mass is 9.76. The zero-order chi connectivity index (χ0) is 14.9. The van der Waals surface area contributed by atoms with Gasteiger partial charge in [0.25, 0.3) is 0 Å². The van der Waals surface area contributed by atoms with Crippen LogP contribution in [0.1, 0.15) is 44.9 Å². The molecule has 1 fully saturated rings. The second kappa shape index (κ2) is 5.48. The quantitative estimate of drug-likeness (QED) is 0.905. The van der Waals surface area contributed by atoms with Crippen LogP contribution in [0.15, 0.2) is 28.8 Å². The molecule has 1 aromatic carbocycles. The molecule has 0 unspecified atom stereocenters. The molecule has 2 aromatic rings. The average Bonchev–Trinajstić information content (AvgIpc) is 2.99. The van der Waals surface area contributed by atoms with Gasteiger partial charge in [-0.05, 0) is 43.7 Å². The largest absolute Gasteiger partial charge is 0.508 e. The van der Waals surface area contributed by atoms with E-state index < -0.39 is 5.54 Å². The molecular weight excluding hydrogens is 266 g/mol. The Hall–Kier alpha value is -1.88. The monoisotopic (exact) mass is 287 g/mol. The molecular formula is C16H21N3O2. The summed E-state index contributed by atoms with van der Waals surface area (Å²) in [4.78, 5) is 4.45. The van der Waals surface area contributed by atoms with Crippen LogP contribution in [0.2, 0.25) is 0 Å². The molecule has 0 amide bonds. The van der Waals surface area contributed by atoms with Crippen molar-refractivity contribution in [1.82, 2.24) is 10.1 Å². The first-order chi connectivity index (χ1) is 10.1. The van der Waals surface area contributed by atoms with Crippen molar-refractivity contribution in [2.75, 3.05) is 0 Å². The van der Waals surface area contributed by atoms with Gasteiger partial charge in [-0.25, -0.2) is 0 Å². The number of nitrogens with zero attached hydrogens (tertiary/aromatic N) is 2. The summed E-state index contributed by atoms with van der Waals surface area (Å²) in [7, 11) is 0. The number of aromatic hydroxyl groups is 1. The fraction of sp³-hybridized carbons (Fsp3) is 0.500. The highest BCUT2D eigenvalue weighted by atomic mass is 16.5. The van der Waals surface area contributed by atoms with Gasteiger partial charge in [-0.15, -0.1) is 0 Å². The molecule has 0 aliphatic heterocycles. The number of aromatic nitrogens is 2. The maximum absolute atomic E-state index is 9.53. The highest BCUT2D eigenvalue weighted by Gasteiger charge is 2.37. The first kappa shape index (κ1) is 14.1. The zero-order valence-electron chi connectivity index (χ0n) is 12.2. The molecule has 0 radical (unpaired) electrons. The summed E-state index contributed by atoms with van der Waals surface area (Å²) in [6.45, 7) is 2.22. The number of nitrogens with two attached hydrogens (primary N) is 1. The van der Waals surface area contributed by atoms with Crippen LogP contribution in [0, 0.1) is 5.92 Å². The summed E-state index contributed by atoms with van der Waals surface area (Å²) in [6, 6.07) is 6.82. The Labute approximate surface area is 124 Å². The van der Waals surface area contributed by atoms with Crippen molar-refractivity contribution in [2.24, 2.45) is 11.7 Å². The van der Waals surface area contributed by atoms with E-state index in [0.29, 0.717) is 11.7 Å². The van der Waals surface area contributed by atoms with Crippen LogP contribution in [0.5, 0.6) is 5.75 Å². The fourth-order valence-electron chi connectivity index (χ4n) is 3.00. The molecule has 1 heterocycles. The molecule has 3 N–H and O–H groups in total. The minimum absolute atomic E-state index is 0.185. The Morgan fingerprint density at radius 1 is 1.38 bits per heavy atom. The highest BCUT2D eigenvalue weighted by molar-refractivity contribution is 5.56. The van der Waals surface area contributed by atoms with Gasteiger partial charge in [0.15, 0.2) is 0 Å². The van der Waals surface area contributed by atoms with E-state index in [-0.39, 0.29) is 5.75 Å².